The molecule has 20 heavy (non-hydrogen) atoms. The minimum atomic E-state index is -4.30. The van der Waals surface area contributed by atoms with E-state index >= 15 is 0 Å². The fraction of sp³-hybridized carbons (Fsp3) is 0.667. The molecule has 0 fully saturated rings. The molecule has 0 aliphatic carbocycles. The maximum Gasteiger partial charge on any atom is 0.411 e. The van der Waals surface area contributed by atoms with Crippen LogP contribution in [0.15, 0.2) is 5.38 Å². The number of alkyl halides is 3. The Morgan fingerprint density at radius 3 is 2.80 bits per heavy atom. The summed E-state index contributed by atoms with van der Waals surface area (Å²) in [5.41, 5.74) is 0.744. The van der Waals surface area contributed by atoms with E-state index in [2.05, 4.69) is 9.72 Å². The van der Waals surface area contributed by atoms with E-state index in [4.69, 9.17) is 4.74 Å². The molecule has 1 heterocycles. The van der Waals surface area contributed by atoms with Crippen molar-refractivity contribution in [2.45, 2.75) is 32.4 Å². The van der Waals surface area contributed by atoms with E-state index in [0.717, 1.165) is 5.69 Å². The molecule has 0 aliphatic rings. The van der Waals surface area contributed by atoms with Gasteiger partial charge in [0.2, 0.25) is 0 Å². The molecule has 0 atom stereocenters. The van der Waals surface area contributed by atoms with E-state index in [9.17, 15) is 18.0 Å². The molecular formula is C12H16F3NO3S. The molecule has 0 unspecified atom stereocenters. The van der Waals surface area contributed by atoms with Gasteiger partial charge in [-0.05, 0) is 6.92 Å². The number of hydrogen-bond acceptors (Lipinski definition) is 5. The quantitative estimate of drug-likeness (QED) is 0.547. The predicted octanol–water partition coefficient (Wildman–Crippen LogP) is 2.76. The maximum atomic E-state index is 11.8. The molecule has 0 spiro atoms. The third kappa shape index (κ3) is 7.44. The average Bonchev–Trinajstić information content (AvgIpc) is 2.79. The summed E-state index contributed by atoms with van der Waals surface area (Å²) in [4.78, 5) is 15.4. The molecule has 8 heteroatoms. The Hall–Kier alpha value is -1.15. The van der Waals surface area contributed by atoms with Crippen LogP contribution >= 0.6 is 11.3 Å². The van der Waals surface area contributed by atoms with Gasteiger partial charge in [-0.1, -0.05) is 0 Å². The van der Waals surface area contributed by atoms with Crippen LogP contribution in [0, 0.1) is 0 Å². The van der Waals surface area contributed by atoms with E-state index < -0.39 is 12.8 Å². The van der Waals surface area contributed by atoms with Crippen LogP contribution in [-0.4, -0.2) is 37.0 Å². The Balaban J connectivity index is 2.24. The van der Waals surface area contributed by atoms with E-state index in [1.165, 1.54) is 11.3 Å². The Morgan fingerprint density at radius 2 is 2.15 bits per heavy atom. The molecule has 114 valence electrons. The van der Waals surface area contributed by atoms with Crippen molar-refractivity contribution in [3.63, 3.8) is 0 Å². The van der Waals surface area contributed by atoms with Crippen LogP contribution < -0.4 is 0 Å². The first kappa shape index (κ1) is 16.9. The number of ether oxygens (including phenoxy) is 2. The average molecular weight is 311 g/mol. The first-order valence-corrected chi connectivity index (χ1v) is 7.02. The molecule has 4 nitrogen and oxygen atoms in total. The van der Waals surface area contributed by atoms with Crippen LogP contribution in [0.5, 0.6) is 0 Å². The number of carbonyl (C=O) groups is 1. The van der Waals surface area contributed by atoms with Gasteiger partial charge in [0.05, 0.1) is 30.3 Å². The number of esters is 1. The second kappa shape index (κ2) is 8.21. The highest BCUT2D eigenvalue weighted by Gasteiger charge is 2.27. The zero-order valence-corrected chi connectivity index (χ0v) is 11.9. The third-order valence-electron chi connectivity index (χ3n) is 2.22. The van der Waals surface area contributed by atoms with Gasteiger partial charge in [0.15, 0.2) is 0 Å². The molecule has 0 bridgehead atoms. The fourth-order valence-corrected chi connectivity index (χ4v) is 2.20. The van der Waals surface area contributed by atoms with Gasteiger partial charge in [0.1, 0.15) is 6.61 Å². The van der Waals surface area contributed by atoms with Crippen molar-refractivity contribution in [3.05, 3.63) is 16.1 Å². The monoisotopic (exact) mass is 311 g/mol. The molecule has 0 saturated heterocycles. The number of carbonyl (C=O) groups excluding carboxylic acids is 1. The SMILES string of the molecule is CCOC(=O)CCc1csc(CCOCC(F)(F)F)n1. The lowest BCUT2D eigenvalue weighted by molar-refractivity contribution is -0.173. The normalized spacial score (nSPS) is 11.6. The summed E-state index contributed by atoms with van der Waals surface area (Å²) in [5, 5.41) is 2.49. The number of rotatable bonds is 8. The lowest BCUT2D eigenvalue weighted by atomic mass is 10.2. The lowest BCUT2D eigenvalue weighted by Gasteiger charge is -2.06. The largest absolute Gasteiger partial charge is 0.466 e. The molecule has 0 N–H and O–H groups in total. The molecule has 0 aliphatic heterocycles. The number of hydrogen-bond donors (Lipinski definition) is 0. The third-order valence-corrected chi connectivity index (χ3v) is 3.17. The van der Waals surface area contributed by atoms with Crippen LogP contribution in [0.4, 0.5) is 13.2 Å². The summed E-state index contributed by atoms with van der Waals surface area (Å²) in [5.74, 6) is -0.282. The molecule has 1 aromatic heterocycles. The highest BCUT2D eigenvalue weighted by atomic mass is 32.1. The Labute approximate surface area is 118 Å². The first-order valence-electron chi connectivity index (χ1n) is 6.14. The Kier molecular flexibility index (Phi) is 6.94. The molecule has 0 saturated carbocycles. The highest BCUT2D eigenvalue weighted by Crippen LogP contribution is 2.16. The molecule has 0 radical (unpaired) electrons. The summed E-state index contributed by atoms with van der Waals surface area (Å²) < 4.78 is 44.8. The summed E-state index contributed by atoms with van der Waals surface area (Å²) in [6.45, 7) is 0.815. The van der Waals surface area contributed by atoms with Gasteiger partial charge in [0.25, 0.3) is 0 Å². The van der Waals surface area contributed by atoms with Crippen molar-refractivity contribution in [1.82, 2.24) is 4.98 Å². The minimum Gasteiger partial charge on any atom is -0.466 e. The van der Waals surface area contributed by atoms with E-state index in [1.54, 1.807) is 12.3 Å². The van der Waals surface area contributed by atoms with Crippen molar-refractivity contribution in [2.75, 3.05) is 19.8 Å². The van der Waals surface area contributed by atoms with E-state index in [-0.39, 0.29) is 19.0 Å². The molecular weight excluding hydrogens is 295 g/mol. The maximum absolute atomic E-state index is 11.8. The topological polar surface area (TPSA) is 48.4 Å². The molecule has 1 aromatic rings. The summed E-state index contributed by atoms with van der Waals surface area (Å²) in [6.07, 6.45) is -3.24. The predicted molar refractivity (Wildman–Crippen MR) is 67.6 cm³/mol. The highest BCUT2D eigenvalue weighted by molar-refractivity contribution is 7.09. The number of nitrogens with zero attached hydrogens (tertiary/aromatic N) is 1. The van der Waals surface area contributed by atoms with E-state index in [0.29, 0.717) is 24.5 Å². The first-order chi connectivity index (χ1) is 9.40. The second-order valence-corrected chi connectivity index (χ2v) is 4.90. The zero-order chi connectivity index (χ0) is 15.0. The summed E-state index contributed by atoms with van der Waals surface area (Å²) >= 11 is 1.35. The van der Waals surface area contributed by atoms with Crippen molar-refractivity contribution in [3.8, 4) is 0 Å². The molecule has 0 aromatic carbocycles. The van der Waals surface area contributed by atoms with E-state index in [1.807, 2.05) is 0 Å². The van der Waals surface area contributed by atoms with Gasteiger partial charge in [-0.15, -0.1) is 11.3 Å². The fourth-order valence-electron chi connectivity index (χ4n) is 1.39. The van der Waals surface area contributed by atoms with Gasteiger partial charge in [-0.2, -0.15) is 13.2 Å². The number of halogens is 3. The summed E-state index contributed by atoms with van der Waals surface area (Å²) in [7, 11) is 0. The number of aryl methyl sites for hydroxylation is 1. The van der Waals surface area contributed by atoms with Gasteiger partial charge < -0.3 is 9.47 Å². The van der Waals surface area contributed by atoms with Crippen molar-refractivity contribution in [2.24, 2.45) is 0 Å². The molecule has 0 amide bonds. The van der Waals surface area contributed by atoms with Crippen molar-refractivity contribution >= 4 is 17.3 Å². The van der Waals surface area contributed by atoms with Gasteiger partial charge in [-0.25, -0.2) is 4.98 Å². The molecule has 1 rings (SSSR count). The van der Waals surface area contributed by atoms with Crippen LogP contribution in [-0.2, 0) is 27.1 Å². The Morgan fingerprint density at radius 1 is 1.40 bits per heavy atom. The number of aromatic nitrogens is 1. The van der Waals surface area contributed by atoms with Gasteiger partial charge in [0, 0.05) is 18.2 Å². The zero-order valence-electron chi connectivity index (χ0n) is 11.0. The minimum absolute atomic E-state index is 0.0235. The van der Waals surface area contributed by atoms with Crippen LogP contribution in [0.1, 0.15) is 24.0 Å². The lowest BCUT2D eigenvalue weighted by Crippen LogP contribution is -2.17. The van der Waals surface area contributed by atoms with Crippen LogP contribution in [0.3, 0.4) is 0 Å². The van der Waals surface area contributed by atoms with Gasteiger partial charge >= 0.3 is 12.1 Å². The van der Waals surface area contributed by atoms with Crippen molar-refractivity contribution < 1.29 is 27.4 Å². The second-order valence-electron chi connectivity index (χ2n) is 3.96. The van der Waals surface area contributed by atoms with Crippen molar-refractivity contribution in [1.29, 1.82) is 0 Å². The van der Waals surface area contributed by atoms with Crippen LogP contribution in [0.2, 0.25) is 0 Å². The standard InChI is InChI=1S/C12H16F3NO3S/c1-2-19-11(17)4-3-9-7-20-10(16-9)5-6-18-8-12(13,14)15/h7H,2-6,8H2,1H3. The van der Waals surface area contributed by atoms with Crippen LogP contribution in [0.25, 0.3) is 0 Å². The summed E-state index contributed by atoms with van der Waals surface area (Å²) in [6, 6.07) is 0. The van der Waals surface area contributed by atoms with Gasteiger partial charge in [-0.3, -0.25) is 4.79 Å². The smallest absolute Gasteiger partial charge is 0.411 e. The Bertz CT molecular complexity index is 420. The number of thiazole rings is 1.